The summed E-state index contributed by atoms with van der Waals surface area (Å²) in [6.45, 7) is 0. The van der Waals surface area contributed by atoms with Crippen molar-refractivity contribution in [2.75, 3.05) is 0 Å². The van der Waals surface area contributed by atoms with Crippen LogP contribution in [0.25, 0.3) is 0 Å². The van der Waals surface area contributed by atoms with Gasteiger partial charge < -0.3 is 30.3 Å². The van der Waals surface area contributed by atoms with Crippen molar-refractivity contribution in [3.05, 3.63) is 91.0 Å². The van der Waals surface area contributed by atoms with Crippen LogP contribution >= 0.6 is 0 Å². The summed E-state index contributed by atoms with van der Waals surface area (Å²) >= 11 is 0. The van der Waals surface area contributed by atoms with Crippen LogP contribution in [0.2, 0.25) is 0 Å². The zero-order valence-electron chi connectivity index (χ0n) is 8.94. The Bertz CT molecular complexity index is 237. The van der Waals surface area contributed by atoms with E-state index in [9.17, 15) is 0 Å². The van der Waals surface area contributed by atoms with Crippen LogP contribution in [0, 0.1) is 36.9 Å². The molecule has 0 fully saturated rings. The smallest absolute Gasteiger partial charge is 0 e. The fraction of sp³-hybridized carbons (Fsp3) is 0. The predicted molar refractivity (Wildman–Crippen MR) is 66.1 cm³/mol. The molecule has 0 amide bonds. The molecule has 0 saturated carbocycles. The van der Waals surface area contributed by atoms with Crippen LogP contribution in [0.15, 0.2) is 91.0 Å². The molecule has 0 aliphatic carbocycles. The fourth-order valence-electron chi connectivity index (χ4n) is 0.962. The van der Waals surface area contributed by atoms with Gasteiger partial charge in [-0.1, -0.05) is 0 Å². The standard InChI is InChI=1S/3C5H5.Tm/c3*1-2-4-5-3-1;/h3*1-5H;/q-5;2*-1;. The zero-order valence-corrected chi connectivity index (χ0v) is 10.7. The Kier molecular flexibility index (Phi) is 11.8. The molecule has 3 rings (SSSR count). The van der Waals surface area contributed by atoms with Gasteiger partial charge in [0.15, 0.2) is 0 Å². The first-order valence-electron chi connectivity index (χ1n) is 5.00. The maximum atomic E-state index is 2.00. The van der Waals surface area contributed by atoms with E-state index >= 15 is 0 Å². The Morgan fingerprint density at radius 2 is 0.688 bits per heavy atom. The molecule has 0 aliphatic rings. The third-order valence-corrected chi connectivity index (χ3v) is 1.67. The van der Waals surface area contributed by atoms with Crippen molar-refractivity contribution >= 4 is 0 Å². The first-order valence-corrected chi connectivity index (χ1v) is 5.00. The first kappa shape index (κ1) is 15.3. The van der Waals surface area contributed by atoms with Gasteiger partial charge in [0.25, 0.3) is 0 Å². The summed E-state index contributed by atoms with van der Waals surface area (Å²) in [4.78, 5) is 0. The van der Waals surface area contributed by atoms with Gasteiger partial charge in [-0.05, 0) is 0 Å². The molecule has 0 atom stereocenters. The second-order valence-corrected chi connectivity index (χ2v) is 2.89. The summed E-state index contributed by atoms with van der Waals surface area (Å²) in [5.74, 6) is 0. The molecule has 1 heteroatoms. The largest absolute Gasteiger partial charge is 0.748 e. The van der Waals surface area contributed by atoms with E-state index in [1.165, 1.54) is 0 Å². The van der Waals surface area contributed by atoms with Gasteiger partial charge in [0.2, 0.25) is 0 Å². The van der Waals surface area contributed by atoms with E-state index in [0.29, 0.717) is 0 Å². The Labute approximate surface area is 127 Å². The predicted octanol–water partition coefficient (Wildman–Crippen LogP) is 4.22. The minimum Gasteiger partial charge on any atom is -0.748 e. The van der Waals surface area contributed by atoms with Gasteiger partial charge in [-0.2, -0.15) is 36.4 Å². The normalized spacial score (nSPS) is 7.50. The molecule has 1 radical (unpaired) electrons. The van der Waals surface area contributed by atoms with Gasteiger partial charge in [-0.3, -0.25) is 0 Å². The summed E-state index contributed by atoms with van der Waals surface area (Å²) in [6.07, 6.45) is 0. The molecule has 0 N–H and O–H groups in total. The minimum atomic E-state index is 0. The van der Waals surface area contributed by atoms with Gasteiger partial charge in [0, 0.05) is 36.9 Å². The van der Waals surface area contributed by atoms with E-state index in [1.807, 2.05) is 91.0 Å². The van der Waals surface area contributed by atoms with Crippen LogP contribution in [0.1, 0.15) is 0 Å². The molecule has 3 aromatic rings. The van der Waals surface area contributed by atoms with E-state index in [-0.39, 0.29) is 36.9 Å². The number of hydrogen-bond acceptors (Lipinski definition) is 0. The van der Waals surface area contributed by atoms with Gasteiger partial charge in [0.1, 0.15) is 0 Å². The molecule has 0 bridgehead atoms. The molecular weight excluding hydrogens is 349 g/mol. The maximum absolute atomic E-state index is 2.00. The third kappa shape index (κ3) is 9.82. The topological polar surface area (TPSA) is 0 Å². The van der Waals surface area contributed by atoms with Gasteiger partial charge in [-0.15, -0.1) is 0 Å². The molecule has 0 aliphatic heterocycles. The molecule has 0 heterocycles. The van der Waals surface area contributed by atoms with E-state index in [1.54, 1.807) is 0 Å². The Morgan fingerprint density at radius 1 is 0.438 bits per heavy atom. The Morgan fingerprint density at radius 3 is 0.812 bits per heavy atom. The van der Waals surface area contributed by atoms with Crippen molar-refractivity contribution in [1.29, 1.82) is 0 Å². The summed E-state index contributed by atoms with van der Waals surface area (Å²) in [5, 5.41) is 0. The monoisotopic (exact) mass is 364 g/mol. The van der Waals surface area contributed by atoms with Crippen LogP contribution in [-0.2, 0) is 0 Å². The molecule has 0 saturated heterocycles. The van der Waals surface area contributed by atoms with Crippen LogP contribution in [0.5, 0.6) is 0 Å². The molecular formula is C15H15Tm-7. The van der Waals surface area contributed by atoms with Crippen LogP contribution in [-0.4, -0.2) is 0 Å². The third-order valence-electron chi connectivity index (χ3n) is 1.67. The quantitative estimate of drug-likeness (QED) is 0.524. The van der Waals surface area contributed by atoms with E-state index in [2.05, 4.69) is 0 Å². The summed E-state index contributed by atoms with van der Waals surface area (Å²) in [6, 6.07) is 30.0. The van der Waals surface area contributed by atoms with Crippen molar-refractivity contribution < 1.29 is 36.9 Å². The second kappa shape index (κ2) is 12.4. The van der Waals surface area contributed by atoms with E-state index in [0.717, 1.165) is 0 Å². The van der Waals surface area contributed by atoms with Crippen LogP contribution < -0.4 is 0 Å². The van der Waals surface area contributed by atoms with E-state index < -0.39 is 0 Å². The summed E-state index contributed by atoms with van der Waals surface area (Å²) < 4.78 is 0. The van der Waals surface area contributed by atoms with Crippen molar-refractivity contribution in [1.82, 2.24) is 0 Å². The number of hydrogen-bond donors (Lipinski definition) is 0. The van der Waals surface area contributed by atoms with Crippen molar-refractivity contribution in [2.24, 2.45) is 0 Å². The van der Waals surface area contributed by atoms with Crippen molar-refractivity contribution in [3.8, 4) is 0 Å². The first-order chi connectivity index (χ1) is 7.50. The fourth-order valence-corrected chi connectivity index (χ4v) is 0.962. The van der Waals surface area contributed by atoms with Gasteiger partial charge in [0.05, 0.1) is 0 Å². The molecule has 95 valence electrons. The molecule has 0 aromatic heterocycles. The van der Waals surface area contributed by atoms with Crippen LogP contribution in [0.3, 0.4) is 0 Å². The molecule has 0 spiro atoms. The van der Waals surface area contributed by atoms with E-state index in [4.69, 9.17) is 0 Å². The average molecular weight is 364 g/mol. The molecule has 3 aromatic carbocycles. The average Bonchev–Trinajstić information content (AvgIpc) is 3.09. The van der Waals surface area contributed by atoms with Crippen LogP contribution in [0.4, 0.5) is 0 Å². The molecule has 16 heavy (non-hydrogen) atoms. The second-order valence-electron chi connectivity index (χ2n) is 2.89. The number of rotatable bonds is 0. The van der Waals surface area contributed by atoms with Gasteiger partial charge >= 0.3 is 0 Å². The zero-order chi connectivity index (χ0) is 10.6. The Balaban J connectivity index is 0.000000205. The summed E-state index contributed by atoms with van der Waals surface area (Å²) in [5.41, 5.74) is 0. The molecule has 0 nitrogen and oxygen atoms in total. The minimum absolute atomic E-state index is 0. The van der Waals surface area contributed by atoms with Crippen molar-refractivity contribution in [3.63, 3.8) is 0 Å². The maximum Gasteiger partial charge on any atom is 0 e. The Hall–Kier alpha value is -0.716. The van der Waals surface area contributed by atoms with Crippen molar-refractivity contribution in [2.45, 2.75) is 0 Å². The SMILES string of the molecule is [Tm].[cH-]1[cH-][cH-][cH-][cH-]1.c1cc[cH-]c1.c1cc[cH-]c1. The molecule has 0 unspecified atom stereocenters. The summed E-state index contributed by atoms with van der Waals surface area (Å²) in [7, 11) is 0. The van der Waals surface area contributed by atoms with Gasteiger partial charge in [-0.25, -0.2) is 24.3 Å².